The first-order chi connectivity index (χ1) is 12.5. The van der Waals surface area contributed by atoms with Gasteiger partial charge < -0.3 is 4.18 Å². The largest absolute Gasteiger partial charge is 0.346 e. The van der Waals surface area contributed by atoms with Crippen LogP contribution in [-0.2, 0) is 19.1 Å². The molecule has 154 valence electrons. The Kier molecular flexibility index (Phi) is 17.0. The van der Waals surface area contributed by atoms with E-state index in [4.69, 9.17) is 0 Å². The summed E-state index contributed by atoms with van der Waals surface area (Å²) in [7, 11) is -3.66. The summed E-state index contributed by atoms with van der Waals surface area (Å²) in [5, 5.41) is 0. The van der Waals surface area contributed by atoms with Crippen molar-refractivity contribution in [2.45, 2.75) is 110 Å². The van der Waals surface area contributed by atoms with Crippen LogP contribution in [0.4, 0.5) is 0 Å². The zero-order chi connectivity index (χ0) is 19.5. The zero-order valence-corrected chi connectivity index (χ0v) is 17.8. The number of carbonyl (C=O) groups is 1. The lowest BCUT2D eigenvalue weighted by atomic mass is 10.1. The lowest BCUT2D eigenvalue weighted by Crippen LogP contribution is -2.15. The fraction of sp³-hybridized carbons (Fsp3) is 0.857. The maximum Gasteiger partial charge on any atom is 0.322 e. The highest BCUT2D eigenvalue weighted by molar-refractivity contribution is 7.87. The minimum absolute atomic E-state index is 0.0921. The minimum Gasteiger partial charge on any atom is -0.346 e. The Morgan fingerprint density at radius 1 is 0.731 bits per heavy atom. The summed E-state index contributed by atoms with van der Waals surface area (Å²) < 4.78 is 27.2. The van der Waals surface area contributed by atoms with Crippen LogP contribution in [0.25, 0.3) is 0 Å². The molecule has 0 aromatic rings. The molecule has 0 spiro atoms. The predicted molar refractivity (Wildman–Crippen MR) is 110 cm³/mol. The van der Waals surface area contributed by atoms with Gasteiger partial charge in [-0.05, 0) is 38.5 Å². The summed E-state index contributed by atoms with van der Waals surface area (Å²) >= 11 is 0. The third-order valence-electron chi connectivity index (χ3n) is 4.32. The van der Waals surface area contributed by atoms with Gasteiger partial charge in [0.1, 0.15) is 0 Å². The first-order valence-electron chi connectivity index (χ1n) is 10.6. The zero-order valence-electron chi connectivity index (χ0n) is 17.0. The highest BCUT2D eigenvalue weighted by atomic mass is 32.2. The fourth-order valence-corrected chi connectivity index (χ4v) is 3.76. The molecule has 0 amide bonds. The van der Waals surface area contributed by atoms with Crippen molar-refractivity contribution in [1.29, 1.82) is 0 Å². The van der Waals surface area contributed by atoms with Crippen LogP contribution in [0.15, 0.2) is 12.2 Å². The summed E-state index contributed by atoms with van der Waals surface area (Å²) in [6.45, 7) is 3.99. The fourth-order valence-electron chi connectivity index (χ4n) is 2.82. The van der Waals surface area contributed by atoms with Gasteiger partial charge in [0.25, 0.3) is 0 Å². The van der Waals surface area contributed by atoms with Gasteiger partial charge in [0.2, 0.25) is 0 Å². The monoisotopic (exact) mass is 388 g/mol. The van der Waals surface area contributed by atoms with Gasteiger partial charge in [-0.1, -0.05) is 77.4 Å². The molecule has 4 nitrogen and oxygen atoms in total. The Labute approximate surface area is 161 Å². The van der Waals surface area contributed by atoms with Crippen molar-refractivity contribution >= 4 is 16.1 Å². The molecule has 0 aliphatic rings. The smallest absolute Gasteiger partial charge is 0.322 e. The molecule has 0 saturated heterocycles. The number of rotatable bonds is 18. The van der Waals surface area contributed by atoms with Gasteiger partial charge in [-0.15, -0.1) is 0 Å². The topological polar surface area (TPSA) is 60.4 Å². The van der Waals surface area contributed by atoms with Crippen LogP contribution in [0.3, 0.4) is 0 Å². The quantitative estimate of drug-likeness (QED) is 0.157. The van der Waals surface area contributed by atoms with Crippen molar-refractivity contribution < 1.29 is 17.4 Å². The number of allylic oxidation sites excluding steroid dienone is 2. The maximum absolute atomic E-state index is 11.5. The van der Waals surface area contributed by atoms with Crippen molar-refractivity contribution in [3.8, 4) is 0 Å². The molecule has 0 aliphatic heterocycles. The van der Waals surface area contributed by atoms with Crippen molar-refractivity contribution in [2.24, 2.45) is 0 Å². The lowest BCUT2D eigenvalue weighted by molar-refractivity contribution is -0.133. The average Bonchev–Trinajstić information content (AvgIpc) is 2.57. The molecule has 0 atom stereocenters. The molecule has 0 bridgehead atoms. The highest BCUT2D eigenvalue weighted by Crippen LogP contribution is 2.10. The number of hydrogen-bond donors (Lipinski definition) is 0. The van der Waals surface area contributed by atoms with Gasteiger partial charge in [0, 0.05) is 6.42 Å². The summed E-state index contributed by atoms with van der Waals surface area (Å²) in [5.41, 5.74) is 0. The Balaban J connectivity index is 3.38. The maximum atomic E-state index is 11.5. The number of carbonyl (C=O) groups excluding carboxylic acids is 1. The number of unbranched alkanes of at least 4 members (excludes halogenated alkanes) is 11. The molecule has 0 saturated carbocycles. The molecule has 0 heterocycles. The standard InChI is InChI=1S/C21H40O4S/c1-3-5-6-7-8-9-10-11-12-13-14-15-16-17-18-19-21(22)25-26(23,24)20-4-2/h11-12H,3-10,13-20H2,1-2H3/b12-11-. The molecule has 0 radical (unpaired) electrons. The molecule has 5 heteroatoms. The van der Waals surface area contributed by atoms with Crippen LogP contribution in [-0.4, -0.2) is 20.1 Å². The van der Waals surface area contributed by atoms with Gasteiger partial charge in [0.15, 0.2) is 0 Å². The second kappa shape index (κ2) is 17.6. The van der Waals surface area contributed by atoms with Gasteiger partial charge in [-0.3, -0.25) is 4.79 Å². The summed E-state index contributed by atoms with van der Waals surface area (Å²) in [6, 6.07) is 0. The van der Waals surface area contributed by atoms with Crippen LogP contribution >= 0.6 is 0 Å². The Morgan fingerprint density at radius 2 is 1.23 bits per heavy atom. The van der Waals surface area contributed by atoms with Crippen LogP contribution < -0.4 is 0 Å². The SMILES string of the molecule is CCCCCCCC/C=C\CCCCCCCC(=O)OS(=O)(=O)CCC. The summed E-state index contributed by atoms with van der Waals surface area (Å²) in [6.07, 6.45) is 20.8. The molecule has 0 aliphatic carbocycles. The van der Waals surface area contributed by atoms with Crippen LogP contribution in [0.5, 0.6) is 0 Å². The van der Waals surface area contributed by atoms with E-state index in [9.17, 15) is 13.2 Å². The van der Waals surface area contributed by atoms with E-state index in [2.05, 4.69) is 23.3 Å². The Bertz CT molecular complexity index is 455. The Hall–Kier alpha value is -0.840. The first-order valence-corrected chi connectivity index (χ1v) is 12.2. The molecule has 0 aromatic carbocycles. The van der Waals surface area contributed by atoms with Gasteiger partial charge in [-0.25, -0.2) is 0 Å². The van der Waals surface area contributed by atoms with Crippen molar-refractivity contribution in [1.82, 2.24) is 0 Å². The third kappa shape index (κ3) is 18.0. The predicted octanol–water partition coefficient (Wildman–Crippen LogP) is 6.31. The third-order valence-corrected chi connectivity index (χ3v) is 5.66. The lowest BCUT2D eigenvalue weighted by Gasteiger charge is -2.04. The normalized spacial score (nSPS) is 11.9. The first kappa shape index (κ1) is 25.2. The summed E-state index contributed by atoms with van der Waals surface area (Å²) in [4.78, 5) is 11.5. The molecule has 0 aromatic heterocycles. The second-order valence-electron chi connectivity index (χ2n) is 7.05. The van der Waals surface area contributed by atoms with E-state index in [1.165, 1.54) is 51.4 Å². The van der Waals surface area contributed by atoms with E-state index in [0.717, 1.165) is 25.7 Å². The van der Waals surface area contributed by atoms with E-state index in [-0.39, 0.29) is 12.2 Å². The van der Waals surface area contributed by atoms with Crippen LogP contribution in [0, 0.1) is 0 Å². The number of hydrogen-bond acceptors (Lipinski definition) is 4. The molecular formula is C21H40O4S. The van der Waals surface area contributed by atoms with Gasteiger partial charge >= 0.3 is 16.1 Å². The highest BCUT2D eigenvalue weighted by Gasteiger charge is 2.15. The van der Waals surface area contributed by atoms with Crippen molar-refractivity contribution in [3.63, 3.8) is 0 Å². The van der Waals surface area contributed by atoms with Gasteiger partial charge in [0.05, 0.1) is 5.75 Å². The molecule has 0 unspecified atom stereocenters. The van der Waals surface area contributed by atoms with Crippen LogP contribution in [0.1, 0.15) is 110 Å². The van der Waals surface area contributed by atoms with E-state index >= 15 is 0 Å². The molecular weight excluding hydrogens is 348 g/mol. The molecule has 0 rings (SSSR count). The van der Waals surface area contributed by atoms with Crippen LogP contribution in [0.2, 0.25) is 0 Å². The van der Waals surface area contributed by atoms with E-state index < -0.39 is 16.1 Å². The van der Waals surface area contributed by atoms with E-state index in [0.29, 0.717) is 12.8 Å². The van der Waals surface area contributed by atoms with E-state index in [1.807, 2.05) is 0 Å². The molecule has 0 fully saturated rings. The average molecular weight is 389 g/mol. The van der Waals surface area contributed by atoms with E-state index in [1.54, 1.807) is 6.92 Å². The van der Waals surface area contributed by atoms with Crippen molar-refractivity contribution in [3.05, 3.63) is 12.2 Å². The molecule has 0 N–H and O–H groups in total. The van der Waals surface area contributed by atoms with Gasteiger partial charge in [-0.2, -0.15) is 8.42 Å². The second-order valence-corrected chi connectivity index (χ2v) is 8.74. The Morgan fingerprint density at radius 3 is 1.77 bits per heavy atom. The van der Waals surface area contributed by atoms with Crippen molar-refractivity contribution in [2.75, 3.05) is 5.75 Å². The molecule has 26 heavy (non-hydrogen) atoms. The summed E-state index contributed by atoms with van der Waals surface area (Å²) in [5.74, 6) is -0.707. The minimum atomic E-state index is -3.66.